The zero-order valence-electron chi connectivity index (χ0n) is 9.08. The molecular weight excluding hydrogens is 340 g/mol. The van der Waals surface area contributed by atoms with Crippen LogP contribution in [-0.4, -0.2) is 23.0 Å². The molecule has 4 nitrogen and oxygen atoms in total. The van der Waals surface area contributed by atoms with Crippen LogP contribution in [0.3, 0.4) is 0 Å². The Bertz CT molecular complexity index is 780. The second-order valence-electron chi connectivity index (χ2n) is 3.62. The normalized spacial score (nSPS) is 11.3. The van der Waals surface area contributed by atoms with Crippen molar-refractivity contribution in [3.63, 3.8) is 0 Å². The molecule has 0 aliphatic heterocycles. The monoisotopic (exact) mass is 344 g/mol. The van der Waals surface area contributed by atoms with Gasteiger partial charge >= 0.3 is 5.97 Å². The number of nitrogens with one attached hydrogen (secondary N) is 1. The Morgan fingerprint density at radius 1 is 1.61 bits per heavy atom. The van der Waals surface area contributed by atoms with Crippen molar-refractivity contribution in [2.75, 3.05) is 7.11 Å². The molecule has 0 aliphatic carbocycles. The highest BCUT2D eigenvalue weighted by Crippen LogP contribution is 2.39. The van der Waals surface area contributed by atoms with Crippen LogP contribution in [0.1, 0.15) is 9.67 Å². The second-order valence-corrected chi connectivity index (χ2v) is 5.93. The van der Waals surface area contributed by atoms with Crippen LogP contribution in [0.4, 0.5) is 0 Å². The van der Waals surface area contributed by atoms with Gasteiger partial charge in [0.05, 0.1) is 27.9 Å². The Balaban J connectivity index is 2.36. The summed E-state index contributed by atoms with van der Waals surface area (Å²) in [5, 5.41) is 0.385. The summed E-state index contributed by atoms with van der Waals surface area (Å²) >= 11 is 10.8. The fourth-order valence-corrected chi connectivity index (χ4v) is 3.56. The minimum absolute atomic E-state index is 0.385. The van der Waals surface area contributed by atoms with Crippen molar-refractivity contribution in [3.05, 3.63) is 26.6 Å². The molecule has 0 atom stereocenters. The van der Waals surface area contributed by atoms with Gasteiger partial charge in [-0.25, -0.2) is 4.79 Å². The van der Waals surface area contributed by atoms with Crippen molar-refractivity contribution in [2.45, 2.75) is 0 Å². The quantitative estimate of drug-likeness (QED) is 0.679. The van der Waals surface area contributed by atoms with Gasteiger partial charge in [0, 0.05) is 10.7 Å². The molecule has 0 bridgehead atoms. The van der Waals surface area contributed by atoms with E-state index in [0.717, 1.165) is 25.7 Å². The predicted octanol–water partition coefficient (Wildman–Crippen LogP) is 3.98. The molecule has 3 heterocycles. The van der Waals surface area contributed by atoms with Crippen LogP contribution >= 0.6 is 38.9 Å². The lowest BCUT2D eigenvalue weighted by Gasteiger charge is -1.95. The highest BCUT2D eigenvalue weighted by Gasteiger charge is 2.21. The maximum atomic E-state index is 11.6. The minimum Gasteiger partial charge on any atom is -0.465 e. The predicted molar refractivity (Wildman–Crippen MR) is 75.5 cm³/mol. The van der Waals surface area contributed by atoms with Crippen molar-refractivity contribution in [1.82, 2.24) is 9.97 Å². The van der Waals surface area contributed by atoms with E-state index in [2.05, 4.69) is 25.9 Å². The van der Waals surface area contributed by atoms with Gasteiger partial charge in [-0.05, 0) is 22.0 Å². The summed E-state index contributed by atoms with van der Waals surface area (Å²) in [7, 11) is 1.33. The number of thiophene rings is 1. The molecule has 0 spiro atoms. The number of hydrogen-bond acceptors (Lipinski definition) is 4. The number of carbonyl (C=O) groups is 1. The summed E-state index contributed by atoms with van der Waals surface area (Å²) in [6, 6.07) is 1.92. The SMILES string of the molecule is COC(=O)c1sc2c([nH]c3cc(Br)cnc32)c1Cl. The smallest absolute Gasteiger partial charge is 0.349 e. The van der Waals surface area contributed by atoms with Crippen LogP contribution in [0.25, 0.3) is 21.3 Å². The average molecular weight is 346 g/mol. The van der Waals surface area contributed by atoms with Crippen molar-refractivity contribution in [1.29, 1.82) is 0 Å². The first-order chi connectivity index (χ1) is 8.61. The zero-order valence-corrected chi connectivity index (χ0v) is 12.2. The molecule has 1 N–H and O–H groups in total. The zero-order chi connectivity index (χ0) is 12.9. The number of halogens is 2. The summed E-state index contributed by atoms with van der Waals surface area (Å²) < 4.78 is 6.44. The first-order valence-electron chi connectivity index (χ1n) is 4.95. The fourth-order valence-electron chi connectivity index (χ4n) is 1.76. The Hall–Kier alpha value is -1.11. The van der Waals surface area contributed by atoms with Gasteiger partial charge in [0.25, 0.3) is 0 Å². The summed E-state index contributed by atoms with van der Waals surface area (Å²) in [6.07, 6.45) is 1.71. The van der Waals surface area contributed by atoms with E-state index in [1.54, 1.807) is 6.20 Å². The Labute approximate surface area is 119 Å². The van der Waals surface area contributed by atoms with Crippen molar-refractivity contribution < 1.29 is 9.53 Å². The molecule has 3 aromatic heterocycles. The molecule has 0 aromatic carbocycles. The van der Waals surface area contributed by atoms with E-state index in [9.17, 15) is 4.79 Å². The molecule has 0 saturated heterocycles. The van der Waals surface area contributed by atoms with Crippen LogP contribution in [0.2, 0.25) is 5.02 Å². The topological polar surface area (TPSA) is 55.0 Å². The number of rotatable bonds is 1. The standard InChI is InChI=1S/C11H6BrClN2O2S/c1-17-11(16)9-6(13)8-10(18-9)7-5(15-8)2-4(12)3-14-7/h2-3,15H,1H3. The number of fused-ring (bicyclic) bond motifs is 3. The number of ether oxygens (including phenoxy) is 1. The van der Waals surface area contributed by atoms with Gasteiger partial charge in [-0.1, -0.05) is 11.6 Å². The van der Waals surface area contributed by atoms with E-state index in [0.29, 0.717) is 9.90 Å². The number of aromatic amines is 1. The Morgan fingerprint density at radius 2 is 2.39 bits per heavy atom. The number of carbonyl (C=O) groups excluding carboxylic acids is 1. The summed E-state index contributed by atoms with van der Waals surface area (Å²) in [4.78, 5) is 19.4. The van der Waals surface area contributed by atoms with Gasteiger partial charge in [-0.3, -0.25) is 4.98 Å². The lowest BCUT2D eigenvalue weighted by Crippen LogP contribution is -1.98. The first kappa shape index (κ1) is 12.0. The number of hydrogen-bond donors (Lipinski definition) is 1. The van der Waals surface area contributed by atoms with Gasteiger partial charge in [-0.15, -0.1) is 11.3 Å². The van der Waals surface area contributed by atoms with Gasteiger partial charge in [0.1, 0.15) is 10.4 Å². The van der Waals surface area contributed by atoms with E-state index in [4.69, 9.17) is 16.3 Å². The van der Waals surface area contributed by atoms with Gasteiger partial charge in [0.15, 0.2) is 0 Å². The third-order valence-electron chi connectivity index (χ3n) is 2.55. The lowest BCUT2D eigenvalue weighted by atomic mass is 10.4. The number of esters is 1. The van der Waals surface area contributed by atoms with Gasteiger partial charge < -0.3 is 9.72 Å². The van der Waals surface area contributed by atoms with Crippen LogP contribution in [0, 0.1) is 0 Å². The van der Waals surface area contributed by atoms with E-state index in [1.807, 2.05) is 6.07 Å². The van der Waals surface area contributed by atoms with E-state index in [-0.39, 0.29) is 0 Å². The molecule has 0 fully saturated rings. The minimum atomic E-state index is -0.431. The van der Waals surface area contributed by atoms with Crippen LogP contribution in [-0.2, 0) is 4.74 Å². The maximum absolute atomic E-state index is 11.6. The Kier molecular flexibility index (Phi) is 2.80. The molecule has 18 heavy (non-hydrogen) atoms. The number of methoxy groups -OCH3 is 1. The van der Waals surface area contributed by atoms with Crippen LogP contribution in [0.15, 0.2) is 16.7 Å². The molecule has 0 saturated carbocycles. The fraction of sp³-hybridized carbons (Fsp3) is 0.0909. The molecule has 0 amide bonds. The summed E-state index contributed by atoms with van der Waals surface area (Å²) in [5.41, 5.74) is 2.40. The first-order valence-corrected chi connectivity index (χ1v) is 6.94. The molecular formula is C11H6BrClN2O2S. The van der Waals surface area contributed by atoms with Crippen LogP contribution < -0.4 is 0 Å². The third-order valence-corrected chi connectivity index (χ3v) is 4.65. The average Bonchev–Trinajstić information content (AvgIpc) is 2.85. The van der Waals surface area contributed by atoms with Crippen LogP contribution in [0.5, 0.6) is 0 Å². The lowest BCUT2D eigenvalue weighted by molar-refractivity contribution is 0.0606. The second kappa shape index (κ2) is 4.22. The van der Waals surface area contributed by atoms with E-state index < -0.39 is 5.97 Å². The third kappa shape index (κ3) is 1.64. The maximum Gasteiger partial charge on any atom is 0.349 e. The number of nitrogens with zero attached hydrogens (tertiary/aromatic N) is 1. The molecule has 0 radical (unpaired) electrons. The Morgan fingerprint density at radius 3 is 3.11 bits per heavy atom. The summed E-state index contributed by atoms with van der Waals surface area (Å²) in [5.74, 6) is -0.431. The van der Waals surface area contributed by atoms with Gasteiger partial charge in [0.2, 0.25) is 0 Å². The molecule has 92 valence electrons. The summed E-state index contributed by atoms with van der Waals surface area (Å²) in [6.45, 7) is 0. The van der Waals surface area contributed by atoms with Crippen molar-refractivity contribution in [2.24, 2.45) is 0 Å². The molecule has 3 rings (SSSR count). The molecule has 0 unspecified atom stereocenters. The van der Waals surface area contributed by atoms with Crippen molar-refractivity contribution in [3.8, 4) is 0 Å². The van der Waals surface area contributed by atoms with E-state index >= 15 is 0 Å². The highest BCUT2D eigenvalue weighted by atomic mass is 79.9. The number of H-pyrrole nitrogens is 1. The largest absolute Gasteiger partial charge is 0.465 e. The number of aromatic nitrogens is 2. The molecule has 3 aromatic rings. The highest BCUT2D eigenvalue weighted by molar-refractivity contribution is 9.10. The van der Waals surface area contributed by atoms with E-state index in [1.165, 1.54) is 18.4 Å². The van der Waals surface area contributed by atoms with Crippen molar-refractivity contribution >= 4 is 66.1 Å². The van der Waals surface area contributed by atoms with Gasteiger partial charge in [-0.2, -0.15) is 0 Å². The number of pyridine rings is 1. The molecule has 7 heteroatoms. The molecule has 0 aliphatic rings.